The molecule has 0 spiro atoms. The Bertz CT molecular complexity index is 1580. The molecule has 0 radical (unpaired) electrons. The molecule has 0 N–H and O–H groups in total. The molecule has 13 heteroatoms. The molecule has 4 rings (SSSR count). The third-order valence-electron chi connectivity index (χ3n) is 6.22. The van der Waals surface area contributed by atoms with Gasteiger partial charge in [0.1, 0.15) is 42.0 Å². The average molecular weight is 620 g/mol. The Morgan fingerprint density at radius 3 is 2.40 bits per heavy atom. The zero-order valence-electron chi connectivity index (χ0n) is 23.8. The van der Waals surface area contributed by atoms with Gasteiger partial charge in [0, 0.05) is 6.07 Å². The third-order valence-corrected chi connectivity index (χ3v) is 7.23. The zero-order valence-corrected chi connectivity index (χ0v) is 24.6. The van der Waals surface area contributed by atoms with E-state index in [0.29, 0.717) is 10.5 Å². The average Bonchev–Trinajstić information content (AvgIpc) is 3.37. The van der Waals surface area contributed by atoms with Crippen LogP contribution >= 0.6 is 11.3 Å². The number of rotatable bonds is 10. The molecule has 9 nitrogen and oxygen atoms in total. The number of benzene rings is 2. The third kappa shape index (κ3) is 6.82. The summed E-state index contributed by atoms with van der Waals surface area (Å²) >= 11 is 0.947. The van der Waals surface area contributed by atoms with Crippen LogP contribution in [0, 0.1) is 22.9 Å². The summed E-state index contributed by atoms with van der Waals surface area (Å²) in [6.45, 7) is 5.84. The molecular formula is C30H28F3NO8S. The van der Waals surface area contributed by atoms with Crippen LogP contribution in [0.3, 0.4) is 0 Å². The normalized spacial score (nSPS) is 13.0. The summed E-state index contributed by atoms with van der Waals surface area (Å²) in [4.78, 5) is 51.2. The predicted octanol–water partition coefficient (Wildman–Crippen LogP) is 5.62. The largest absolute Gasteiger partial charge is 0.490 e. The molecule has 0 aliphatic carbocycles. The molecule has 3 aromatic rings. The Kier molecular flexibility index (Phi) is 9.43. The van der Waals surface area contributed by atoms with Crippen molar-refractivity contribution >= 4 is 40.8 Å². The van der Waals surface area contributed by atoms with Crippen molar-refractivity contribution in [3.8, 4) is 11.5 Å². The minimum atomic E-state index is -1.25. The number of fused-ring (bicyclic) bond motifs is 1. The van der Waals surface area contributed by atoms with Gasteiger partial charge < -0.3 is 18.9 Å². The molecule has 1 aliphatic heterocycles. The maximum Gasteiger partial charge on any atom is 0.349 e. The van der Waals surface area contributed by atoms with Crippen LogP contribution in [0.1, 0.15) is 58.9 Å². The van der Waals surface area contributed by atoms with Crippen LogP contribution in [-0.2, 0) is 32.1 Å². The van der Waals surface area contributed by atoms with E-state index in [0.717, 1.165) is 29.5 Å². The number of imide groups is 1. The lowest BCUT2D eigenvalue weighted by Gasteiger charge is -2.26. The number of anilines is 1. The Hall–Kier alpha value is -4.39. The Balaban J connectivity index is 1.53. The molecule has 0 atom stereocenters. The van der Waals surface area contributed by atoms with Crippen molar-refractivity contribution in [1.29, 1.82) is 0 Å². The summed E-state index contributed by atoms with van der Waals surface area (Å²) in [6.07, 6.45) is -0.262. The van der Waals surface area contributed by atoms with Crippen LogP contribution < -0.4 is 14.4 Å². The van der Waals surface area contributed by atoms with Crippen LogP contribution in [0.15, 0.2) is 35.7 Å². The van der Waals surface area contributed by atoms with Gasteiger partial charge in [-0.05, 0) is 62.9 Å². The highest BCUT2D eigenvalue weighted by atomic mass is 32.1. The fourth-order valence-corrected chi connectivity index (χ4v) is 5.02. The second-order valence-electron chi connectivity index (χ2n) is 10.4. The molecule has 2 amide bonds. The van der Waals surface area contributed by atoms with Gasteiger partial charge in [-0.1, -0.05) is 0 Å². The van der Waals surface area contributed by atoms with E-state index >= 15 is 0 Å². The van der Waals surface area contributed by atoms with E-state index in [1.54, 1.807) is 27.7 Å². The molecule has 1 aliphatic rings. The quantitative estimate of drug-likeness (QED) is 0.164. The van der Waals surface area contributed by atoms with Crippen molar-refractivity contribution in [2.24, 2.45) is 5.41 Å². The van der Waals surface area contributed by atoms with E-state index in [1.165, 1.54) is 17.5 Å². The second-order valence-corrected chi connectivity index (χ2v) is 11.3. The lowest BCUT2D eigenvalue weighted by atomic mass is 9.97. The molecule has 0 bridgehead atoms. The summed E-state index contributed by atoms with van der Waals surface area (Å²) in [5.74, 6) is -6.35. The van der Waals surface area contributed by atoms with Gasteiger partial charge in [0.25, 0.3) is 5.91 Å². The second kappa shape index (κ2) is 12.9. The minimum absolute atomic E-state index is 0.00514. The van der Waals surface area contributed by atoms with Crippen molar-refractivity contribution in [2.45, 2.75) is 40.7 Å². The first-order valence-electron chi connectivity index (χ1n) is 13.2. The van der Waals surface area contributed by atoms with Gasteiger partial charge in [-0.3, -0.25) is 14.4 Å². The standard InChI is InChI=1S/C30H28F3NO8S/c1-5-39-28(37)26-24-16(15-43-26)12-23(35)34(27(24)36)21-13-17(6-7-19(21)31)42-14-18-22(9-8-20(32)25(18)33)40-10-11-41-29(38)30(2,3)4/h6-9,13,15H,5,10-12,14H2,1-4H3. The van der Waals surface area contributed by atoms with Crippen molar-refractivity contribution in [3.05, 3.63) is 74.7 Å². The molecule has 2 aromatic carbocycles. The van der Waals surface area contributed by atoms with Gasteiger partial charge in [-0.25, -0.2) is 22.9 Å². The van der Waals surface area contributed by atoms with Gasteiger partial charge in [0.05, 0.1) is 35.3 Å². The lowest BCUT2D eigenvalue weighted by Crippen LogP contribution is -2.43. The van der Waals surface area contributed by atoms with Crippen LogP contribution in [0.2, 0.25) is 0 Å². The summed E-state index contributed by atoms with van der Waals surface area (Å²) in [7, 11) is 0. The van der Waals surface area contributed by atoms with Crippen LogP contribution in [-0.4, -0.2) is 43.6 Å². The number of carbonyl (C=O) groups excluding carboxylic acids is 4. The van der Waals surface area contributed by atoms with Gasteiger partial charge >= 0.3 is 11.9 Å². The van der Waals surface area contributed by atoms with Crippen LogP contribution in [0.25, 0.3) is 0 Å². The summed E-state index contributed by atoms with van der Waals surface area (Å²) in [5.41, 5.74) is -1.20. The first-order valence-corrected chi connectivity index (χ1v) is 14.1. The number of hydrogen-bond donors (Lipinski definition) is 0. The van der Waals surface area contributed by atoms with E-state index < -0.39 is 58.9 Å². The highest BCUT2D eigenvalue weighted by Gasteiger charge is 2.38. The van der Waals surface area contributed by atoms with Crippen molar-refractivity contribution < 1.29 is 51.3 Å². The fraction of sp³-hybridized carbons (Fsp3) is 0.333. The van der Waals surface area contributed by atoms with E-state index in [9.17, 15) is 32.3 Å². The summed E-state index contributed by atoms with van der Waals surface area (Å²) in [6, 6.07) is 5.24. The van der Waals surface area contributed by atoms with E-state index in [-0.39, 0.29) is 53.7 Å². The summed E-state index contributed by atoms with van der Waals surface area (Å²) in [5, 5.41) is 1.51. The predicted molar refractivity (Wildman–Crippen MR) is 149 cm³/mol. The maximum absolute atomic E-state index is 15.0. The first-order chi connectivity index (χ1) is 20.3. The molecular weight excluding hydrogens is 591 g/mol. The van der Waals surface area contributed by atoms with Gasteiger partial charge in [-0.2, -0.15) is 0 Å². The lowest BCUT2D eigenvalue weighted by molar-refractivity contribution is -0.153. The monoisotopic (exact) mass is 619 g/mol. The molecule has 2 heterocycles. The van der Waals surface area contributed by atoms with Crippen molar-refractivity contribution in [3.63, 3.8) is 0 Å². The Morgan fingerprint density at radius 1 is 0.977 bits per heavy atom. The first kappa shape index (κ1) is 31.5. The molecule has 1 aromatic heterocycles. The van der Waals surface area contributed by atoms with E-state index in [2.05, 4.69) is 0 Å². The molecule has 43 heavy (non-hydrogen) atoms. The number of carbonyl (C=O) groups is 4. The van der Waals surface area contributed by atoms with Crippen molar-refractivity contribution in [2.75, 3.05) is 24.7 Å². The molecule has 228 valence electrons. The molecule has 0 fully saturated rings. The number of halogens is 3. The van der Waals surface area contributed by atoms with E-state index in [4.69, 9.17) is 18.9 Å². The van der Waals surface area contributed by atoms with Crippen LogP contribution in [0.5, 0.6) is 11.5 Å². The smallest absolute Gasteiger partial charge is 0.349 e. The number of hydrogen-bond acceptors (Lipinski definition) is 9. The van der Waals surface area contributed by atoms with E-state index in [1.807, 2.05) is 0 Å². The highest BCUT2D eigenvalue weighted by molar-refractivity contribution is 7.12. The van der Waals surface area contributed by atoms with Gasteiger partial charge in [0.2, 0.25) is 5.91 Å². The Labute approximate surface area is 249 Å². The molecule has 0 saturated carbocycles. The number of amides is 2. The SMILES string of the molecule is CCOC(=O)c1scc2c1C(=O)N(c1cc(OCc3c(OCCOC(=O)C(C)(C)C)ccc(F)c3F)ccc1F)C(=O)C2. The fourth-order valence-electron chi connectivity index (χ4n) is 4.07. The van der Waals surface area contributed by atoms with Crippen LogP contribution in [0.4, 0.5) is 18.9 Å². The minimum Gasteiger partial charge on any atom is -0.490 e. The summed E-state index contributed by atoms with van der Waals surface area (Å²) < 4.78 is 65.0. The molecule has 0 saturated heterocycles. The number of thiophene rings is 1. The van der Waals surface area contributed by atoms with Gasteiger partial charge in [0.15, 0.2) is 11.6 Å². The number of esters is 2. The Morgan fingerprint density at radius 2 is 1.70 bits per heavy atom. The maximum atomic E-state index is 15.0. The number of nitrogens with zero attached hydrogens (tertiary/aromatic N) is 1. The zero-order chi connectivity index (χ0) is 31.5. The highest BCUT2D eigenvalue weighted by Crippen LogP contribution is 2.35. The van der Waals surface area contributed by atoms with Crippen molar-refractivity contribution in [1.82, 2.24) is 0 Å². The topological polar surface area (TPSA) is 108 Å². The molecule has 0 unspecified atom stereocenters. The number of ether oxygens (including phenoxy) is 4. The van der Waals surface area contributed by atoms with Gasteiger partial charge in [-0.15, -0.1) is 11.3 Å².